The number of ether oxygens (including phenoxy) is 2. The van der Waals surface area contributed by atoms with Gasteiger partial charge in [-0.25, -0.2) is 0 Å². The summed E-state index contributed by atoms with van der Waals surface area (Å²) in [5, 5.41) is 6.89. The smallest absolute Gasteiger partial charge is 0.220 e. The predicted octanol–water partition coefficient (Wildman–Crippen LogP) is 1.87. The van der Waals surface area contributed by atoms with Crippen LogP contribution in [0.2, 0.25) is 5.02 Å². The van der Waals surface area contributed by atoms with Gasteiger partial charge >= 0.3 is 0 Å². The van der Waals surface area contributed by atoms with Gasteiger partial charge in [0.05, 0.1) is 18.2 Å². The molecule has 1 saturated heterocycles. The third-order valence-electron chi connectivity index (χ3n) is 3.72. The number of fused-ring (bicyclic) bond motifs is 1. The molecule has 0 bridgehead atoms. The van der Waals surface area contributed by atoms with Crippen LogP contribution < -0.4 is 20.1 Å². The maximum absolute atomic E-state index is 11.1. The standard InChI is InChI=1S/C15H19ClN2O3/c16-12-6-10(7-13-15(12)21-5-1-4-20-13)8-17-11-2-3-14(19)18-9-11/h6-7,11,17H,1-5,8-9H2,(H,18,19). The lowest BCUT2D eigenvalue weighted by atomic mass is 10.1. The first-order valence-electron chi connectivity index (χ1n) is 7.30. The molecule has 1 aromatic rings. The molecule has 1 amide bonds. The van der Waals surface area contributed by atoms with E-state index < -0.39 is 0 Å². The van der Waals surface area contributed by atoms with Crippen molar-refractivity contribution in [3.63, 3.8) is 0 Å². The molecule has 1 unspecified atom stereocenters. The van der Waals surface area contributed by atoms with Crippen molar-refractivity contribution >= 4 is 17.5 Å². The van der Waals surface area contributed by atoms with Gasteiger partial charge in [0.2, 0.25) is 5.91 Å². The number of carbonyl (C=O) groups is 1. The van der Waals surface area contributed by atoms with Crippen LogP contribution in [0.15, 0.2) is 12.1 Å². The zero-order chi connectivity index (χ0) is 14.7. The van der Waals surface area contributed by atoms with Crippen molar-refractivity contribution < 1.29 is 14.3 Å². The van der Waals surface area contributed by atoms with Crippen molar-refractivity contribution in [2.24, 2.45) is 0 Å². The average molecular weight is 311 g/mol. The average Bonchev–Trinajstić information content (AvgIpc) is 2.72. The maximum atomic E-state index is 11.1. The van der Waals surface area contributed by atoms with Gasteiger partial charge in [-0.05, 0) is 24.1 Å². The fourth-order valence-corrected chi connectivity index (χ4v) is 2.84. The molecular weight excluding hydrogens is 292 g/mol. The molecule has 0 aromatic heterocycles. The van der Waals surface area contributed by atoms with E-state index in [1.165, 1.54) is 0 Å². The van der Waals surface area contributed by atoms with E-state index in [9.17, 15) is 4.79 Å². The number of piperidine rings is 1. The van der Waals surface area contributed by atoms with Crippen molar-refractivity contribution in [1.29, 1.82) is 0 Å². The first kappa shape index (κ1) is 14.5. The van der Waals surface area contributed by atoms with E-state index >= 15 is 0 Å². The highest BCUT2D eigenvalue weighted by atomic mass is 35.5. The summed E-state index contributed by atoms with van der Waals surface area (Å²) in [6, 6.07) is 4.18. The summed E-state index contributed by atoms with van der Waals surface area (Å²) in [5.74, 6) is 1.49. The van der Waals surface area contributed by atoms with E-state index in [0.29, 0.717) is 55.3 Å². The summed E-state index contributed by atoms with van der Waals surface area (Å²) in [5.41, 5.74) is 1.06. The Labute approximate surface area is 128 Å². The second kappa shape index (κ2) is 6.54. The third-order valence-corrected chi connectivity index (χ3v) is 4.00. The van der Waals surface area contributed by atoms with Gasteiger partial charge in [0.25, 0.3) is 0 Å². The van der Waals surface area contributed by atoms with E-state index in [-0.39, 0.29) is 5.91 Å². The van der Waals surface area contributed by atoms with Crippen LogP contribution in [0.1, 0.15) is 24.8 Å². The van der Waals surface area contributed by atoms with Crippen molar-refractivity contribution in [3.05, 3.63) is 22.7 Å². The Balaban J connectivity index is 1.64. The molecule has 1 aromatic carbocycles. The van der Waals surface area contributed by atoms with E-state index in [2.05, 4.69) is 10.6 Å². The Morgan fingerprint density at radius 1 is 1.33 bits per heavy atom. The first-order chi connectivity index (χ1) is 10.2. The van der Waals surface area contributed by atoms with Crippen molar-refractivity contribution in [2.45, 2.75) is 31.8 Å². The summed E-state index contributed by atoms with van der Waals surface area (Å²) < 4.78 is 11.3. The zero-order valence-electron chi connectivity index (χ0n) is 11.8. The number of hydrogen-bond acceptors (Lipinski definition) is 4. The molecule has 2 aliphatic heterocycles. The van der Waals surface area contributed by atoms with E-state index in [4.69, 9.17) is 21.1 Å². The van der Waals surface area contributed by atoms with Crippen LogP contribution >= 0.6 is 11.6 Å². The number of benzene rings is 1. The molecule has 114 valence electrons. The van der Waals surface area contributed by atoms with Gasteiger partial charge in [-0.2, -0.15) is 0 Å². The number of halogens is 1. The van der Waals surface area contributed by atoms with E-state index in [0.717, 1.165) is 18.4 Å². The number of rotatable bonds is 3. The second-order valence-corrected chi connectivity index (χ2v) is 5.78. The van der Waals surface area contributed by atoms with E-state index in [1.54, 1.807) is 0 Å². The lowest BCUT2D eigenvalue weighted by Gasteiger charge is -2.23. The number of hydrogen-bond donors (Lipinski definition) is 2. The lowest BCUT2D eigenvalue weighted by molar-refractivity contribution is -0.122. The van der Waals surface area contributed by atoms with Gasteiger partial charge in [-0.1, -0.05) is 11.6 Å². The van der Waals surface area contributed by atoms with Gasteiger partial charge < -0.3 is 20.1 Å². The van der Waals surface area contributed by atoms with Crippen LogP contribution in [0.4, 0.5) is 0 Å². The minimum Gasteiger partial charge on any atom is -0.489 e. The van der Waals surface area contributed by atoms with Crippen molar-refractivity contribution in [1.82, 2.24) is 10.6 Å². The molecule has 2 N–H and O–H groups in total. The number of amides is 1. The summed E-state index contributed by atoms with van der Waals surface area (Å²) in [7, 11) is 0. The summed E-state index contributed by atoms with van der Waals surface area (Å²) in [4.78, 5) is 11.1. The topological polar surface area (TPSA) is 59.6 Å². The van der Waals surface area contributed by atoms with Crippen molar-refractivity contribution in [2.75, 3.05) is 19.8 Å². The molecule has 2 heterocycles. The van der Waals surface area contributed by atoms with Crippen LogP contribution in [0, 0.1) is 0 Å². The maximum Gasteiger partial charge on any atom is 0.220 e. The second-order valence-electron chi connectivity index (χ2n) is 5.38. The Morgan fingerprint density at radius 3 is 3.00 bits per heavy atom. The highest BCUT2D eigenvalue weighted by Gasteiger charge is 2.19. The van der Waals surface area contributed by atoms with Crippen LogP contribution in [0.3, 0.4) is 0 Å². The van der Waals surface area contributed by atoms with Crippen LogP contribution in [0.5, 0.6) is 11.5 Å². The molecule has 3 rings (SSSR count). The van der Waals surface area contributed by atoms with Crippen LogP contribution in [-0.4, -0.2) is 31.7 Å². The molecule has 1 fully saturated rings. The minimum absolute atomic E-state index is 0.131. The zero-order valence-corrected chi connectivity index (χ0v) is 12.5. The third kappa shape index (κ3) is 3.60. The molecule has 0 saturated carbocycles. The fourth-order valence-electron chi connectivity index (χ4n) is 2.56. The molecule has 21 heavy (non-hydrogen) atoms. The lowest BCUT2D eigenvalue weighted by Crippen LogP contribution is -2.45. The highest BCUT2D eigenvalue weighted by Crippen LogP contribution is 2.37. The molecule has 6 heteroatoms. The summed E-state index contributed by atoms with van der Waals surface area (Å²) >= 11 is 6.27. The van der Waals surface area contributed by atoms with Gasteiger partial charge in [-0.3, -0.25) is 4.79 Å². The summed E-state index contributed by atoms with van der Waals surface area (Å²) in [6.45, 7) is 2.65. The normalized spacial score (nSPS) is 21.6. The monoisotopic (exact) mass is 310 g/mol. The Morgan fingerprint density at radius 2 is 2.19 bits per heavy atom. The quantitative estimate of drug-likeness (QED) is 0.895. The number of carbonyl (C=O) groups excluding carboxylic acids is 1. The minimum atomic E-state index is 0.131. The Hall–Kier alpha value is -1.46. The molecule has 0 radical (unpaired) electrons. The predicted molar refractivity (Wildman–Crippen MR) is 79.9 cm³/mol. The van der Waals surface area contributed by atoms with Crippen LogP contribution in [-0.2, 0) is 11.3 Å². The Kier molecular flexibility index (Phi) is 4.51. The number of nitrogens with one attached hydrogen (secondary N) is 2. The largest absolute Gasteiger partial charge is 0.489 e. The fraction of sp³-hybridized carbons (Fsp3) is 0.533. The molecule has 5 nitrogen and oxygen atoms in total. The first-order valence-corrected chi connectivity index (χ1v) is 7.68. The van der Waals surface area contributed by atoms with E-state index in [1.807, 2.05) is 12.1 Å². The van der Waals surface area contributed by atoms with Gasteiger partial charge in [0.1, 0.15) is 0 Å². The van der Waals surface area contributed by atoms with Gasteiger partial charge in [0, 0.05) is 32.0 Å². The Bertz CT molecular complexity index is 526. The van der Waals surface area contributed by atoms with Gasteiger partial charge in [0.15, 0.2) is 11.5 Å². The SMILES string of the molecule is O=C1CCC(NCc2cc(Cl)c3c(c2)OCCCO3)CN1. The molecule has 1 atom stereocenters. The van der Waals surface area contributed by atoms with Crippen LogP contribution in [0.25, 0.3) is 0 Å². The highest BCUT2D eigenvalue weighted by molar-refractivity contribution is 6.32. The summed E-state index contributed by atoms with van der Waals surface area (Å²) in [6.07, 6.45) is 2.31. The molecule has 0 aliphatic carbocycles. The van der Waals surface area contributed by atoms with Crippen molar-refractivity contribution in [3.8, 4) is 11.5 Å². The molecule has 0 spiro atoms. The molecular formula is C15H19ClN2O3. The van der Waals surface area contributed by atoms with Gasteiger partial charge in [-0.15, -0.1) is 0 Å². The molecule has 2 aliphatic rings.